The Labute approximate surface area is 213 Å². The number of hydrogen-bond donors (Lipinski definition) is 3. The average Bonchev–Trinajstić information content (AvgIpc) is 2.81. The molecule has 0 saturated carbocycles. The number of rotatable bonds is 2. The third-order valence-corrected chi connectivity index (χ3v) is 7.09. The first-order chi connectivity index (χ1) is 17.3. The van der Waals surface area contributed by atoms with Crippen LogP contribution in [0.1, 0.15) is 49.7 Å². The van der Waals surface area contributed by atoms with Crippen molar-refractivity contribution in [3.63, 3.8) is 0 Å². The minimum Gasteiger partial charge on any atom is -0.474 e. The highest BCUT2D eigenvalue weighted by atomic mass is 19.4. The number of nitrogens with one attached hydrogen (secondary N) is 2. The van der Waals surface area contributed by atoms with Crippen molar-refractivity contribution in [3.05, 3.63) is 34.4 Å². The summed E-state index contributed by atoms with van der Waals surface area (Å²) in [5.41, 5.74) is 4.42. The van der Waals surface area contributed by atoms with E-state index in [1.165, 1.54) is 6.92 Å². The van der Waals surface area contributed by atoms with Crippen LogP contribution in [0.15, 0.2) is 6.07 Å². The summed E-state index contributed by atoms with van der Waals surface area (Å²) < 4.78 is 65.1. The third kappa shape index (κ3) is 5.01. The number of ether oxygens (including phenoxy) is 1. The fourth-order valence-electron chi connectivity index (χ4n) is 4.82. The van der Waals surface area contributed by atoms with Gasteiger partial charge in [0, 0.05) is 41.7 Å². The predicted octanol–water partition coefficient (Wildman–Crippen LogP) is 5.55. The van der Waals surface area contributed by atoms with Gasteiger partial charge in [-0.05, 0) is 52.7 Å². The van der Waals surface area contributed by atoms with E-state index in [2.05, 4.69) is 25.6 Å². The SMILES string of the molecule is CCC1CNC(C)CNc2nc(C)c(C)c3c(F)c(-c4cc(N)nc(C)c4C(F)(F)F)nc(c23)OC1C. The van der Waals surface area contributed by atoms with Crippen LogP contribution in [0.3, 0.4) is 0 Å². The summed E-state index contributed by atoms with van der Waals surface area (Å²) in [7, 11) is 0. The zero-order valence-electron chi connectivity index (χ0n) is 21.8. The monoisotopic (exact) mass is 520 g/mol. The molecule has 11 heteroatoms. The van der Waals surface area contributed by atoms with Crippen LogP contribution >= 0.6 is 0 Å². The Kier molecular flexibility index (Phi) is 7.20. The van der Waals surface area contributed by atoms with Crippen molar-refractivity contribution in [2.24, 2.45) is 5.92 Å². The van der Waals surface area contributed by atoms with Gasteiger partial charge in [-0.25, -0.2) is 19.3 Å². The second-order valence-corrected chi connectivity index (χ2v) is 9.73. The van der Waals surface area contributed by atoms with Crippen LogP contribution in [0.4, 0.5) is 29.2 Å². The minimum atomic E-state index is -4.80. The molecular weight excluding hydrogens is 488 g/mol. The maximum absolute atomic E-state index is 16.3. The number of halogens is 4. The van der Waals surface area contributed by atoms with Crippen molar-refractivity contribution < 1.29 is 22.3 Å². The van der Waals surface area contributed by atoms with Crippen LogP contribution in [0.25, 0.3) is 22.0 Å². The molecule has 0 saturated heterocycles. The van der Waals surface area contributed by atoms with Gasteiger partial charge in [-0.3, -0.25) is 0 Å². The molecule has 0 aromatic carbocycles. The molecular formula is C26H32F4N6O. The lowest BCUT2D eigenvalue weighted by Gasteiger charge is -2.26. The summed E-state index contributed by atoms with van der Waals surface area (Å²) in [4.78, 5) is 12.8. The summed E-state index contributed by atoms with van der Waals surface area (Å²) in [6.45, 7) is 11.7. The van der Waals surface area contributed by atoms with Crippen LogP contribution in [0.2, 0.25) is 0 Å². The molecule has 3 aromatic heterocycles. The summed E-state index contributed by atoms with van der Waals surface area (Å²) >= 11 is 0. The number of aryl methyl sites for hydroxylation is 3. The van der Waals surface area contributed by atoms with E-state index in [0.717, 1.165) is 12.5 Å². The minimum absolute atomic E-state index is 0.0196. The van der Waals surface area contributed by atoms with Gasteiger partial charge in [0.05, 0.1) is 16.6 Å². The Balaban J connectivity index is 2.11. The van der Waals surface area contributed by atoms with Crippen molar-refractivity contribution in [1.29, 1.82) is 0 Å². The summed E-state index contributed by atoms with van der Waals surface area (Å²) in [6.07, 6.45) is -4.37. The Hall–Kier alpha value is -3.21. The van der Waals surface area contributed by atoms with Gasteiger partial charge in [-0.2, -0.15) is 13.2 Å². The topological polar surface area (TPSA) is 98.0 Å². The van der Waals surface area contributed by atoms with Gasteiger partial charge in [0.25, 0.3) is 0 Å². The molecule has 0 fully saturated rings. The van der Waals surface area contributed by atoms with Crippen molar-refractivity contribution in [1.82, 2.24) is 20.3 Å². The molecule has 3 aromatic rings. The molecule has 1 aliphatic heterocycles. The lowest BCUT2D eigenvalue weighted by Crippen LogP contribution is -2.39. The largest absolute Gasteiger partial charge is 0.474 e. The van der Waals surface area contributed by atoms with E-state index < -0.39 is 28.8 Å². The normalized spacial score (nSPS) is 20.8. The highest BCUT2D eigenvalue weighted by molar-refractivity contribution is 6.01. The van der Waals surface area contributed by atoms with Gasteiger partial charge in [-0.1, -0.05) is 6.92 Å². The Morgan fingerprint density at radius 1 is 1.05 bits per heavy atom. The second-order valence-electron chi connectivity index (χ2n) is 9.73. The van der Waals surface area contributed by atoms with E-state index in [4.69, 9.17) is 10.5 Å². The first kappa shape index (κ1) is 26.8. The fourth-order valence-corrected chi connectivity index (χ4v) is 4.82. The standard InChI is InChI=1S/C26H32F4N6O/c1-7-16-10-32-11(2)9-33-24-20-19(12(3)13(4)35-24)22(27)23(36-25(20)37-15(16)6)17-8-18(31)34-14(5)21(17)26(28,29)30/h8,11,15-16,32H,7,9-10H2,1-6H3,(H2,31,34)(H,33,35). The van der Waals surface area contributed by atoms with Crippen LogP contribution in [-0.2, 0) is 6.18 Å². The highest BCUT2D eigenvalue weighted by Gasteiger charge is 2.38. The number of pyridine rings is 3. The van der Waals surface area contributed by atoms with E-state index in [0.29, 0.717) is 35.6 Å². The molecule has 0 aliphatic carbocycles. The number of nitrogens with zero attached hydrogens (tertiary/aromatic N) is 3. The van der Waals surface area contributed by atoms with Gasteiger partial charge in [-0.15, -0.1) is 0 Å². The Morgan fingerprint density at radius 2 is 1.76 bits per heavy atom. The van der Waals surface area contributed by atoms with E-state index in [-0.39, 0.29) is 40.8 Å². The molecule has 3 unspecified atom stereocenters. The van der Waals surface area contributed by atoms with Crippen LogP contribution in [0.5, 0.6) is 5.88 Å². The molecule has 0 radical (unpaired) electrons. The van der Waals surface area contributed by atoms with Gasteiger partial charge < -0.3 is 21.1 Å². The molecule has 0 amide bonds. The number of nitrogens with two attached hydrogens (primary N) is 1. The molecule has 200 valence electrons. The van der Waals surface area contributed by atoms with Crippen molar-refractivity contribution in [3.8, 4) is 17.1 Å². The third-order valence-electron chi connectivity index (χ3n) is 7.09. The molecule has 37 heavy (non-hydrogen) atoms. The van der Waals surface area contributed by atoms with E-state index in [9.17, 15) is 13.2 Å². The van der Waals surface area contributed by atoms with E-state index in [1.54, 1.807) is 13.8 Å². The van der Waals surface area contributed by atoms with Crippen molar-refractivity contribution in [2.75, 3.05) is 24.1 Å². The van der Waals surface area contributed by atoms with E-state index in [1.807, 2.05) is 20.8 Å². The van der Waals surface area contributed by atoms with Crippen LogP contribution < -0.4 is 21.1 Å². The van der Waals surface area contributed by atoms with Gasteiger partial charge in [0.15, 0.2) is 5.82 Å². The Bertz CT molecular complexity index is 1340. The number of hydrogen-bond acceptors (Lipinski definition) is 7. The molecule has 4 N–H and O–H groups in total. The van der Waals surface area contributed by atoms with Gasteiger partial charge in [0.2, 0.25) is 5.88 Å². The average molecular weight is 521 g/mol. The van der Waals surface area contributed by atoms with Crippen LogP contribution in [0, 0.1) is 32.5 Å². The van der Waals surface area contributed by atoms with Crippen molar-refractivity contribution >= 4 is 22.4 Å². The first-order valence-electron chi connectivity index (χ1n) is 12.3. The molecule has 3 atom stereocenters. The summed E-state index contributed by atoms with van der Waals surface area (Å²) in [5.74, 6) is -0.600. The lowest BCUT2D eigenvalue weighted by atomic mass is 9.97. The zero-order chi connectivity index (χ0) is 27.2. The predicted molar refractivity (Wildman–Crippen MR) is 136 cm³/mol. The number of anilines is 2. The number of nitrogen functional groups attached to an aromatic ring is 1. The number of aromatic nitrogens is 3. The molecule has 1 aliphatic rings. The molecule has 4 heterocycles. The van der Waals surface area contributed by atoms with Gasteiger partial charge in [0.1, 0.15) is 23.4 Å². The van der Waals surface area contributed by atoms with E-state index >= 15 is 4.39 Å². The molecule has 7 nitrogen and oxygen atoms in total. The van der Waals surface area contributed by atoms with Gasteiger partial charge >= 0.3 is 6.18 Å². The summed E-state index contributed by atoms with van der Waals surface area (Å²) in [6, 6.07) is 1.09. The zero-order valence-corrected chi connectivity index (χ0v) is 21.8. The second kappa shape index (κ2) is 9.92. The lowest BCUT2D eigenvalue weighted by molar-refractivity contribution is -0.137. The molecule has 0 bridgehead atoms. The number of alkyl halides is 3. The quantitative estimate of drug-likeness (QED) is 0.381. The Morgan fingerprint density at radius 3 is 2.41 bits per heavy atom. The van der Waals surface area contributed by atoms with Crippen LogP contribution in [-0.4, -0.2) is 40.2 Å². The maximum atomic E-state index is 16.3. The molecule has 4 rings (SSSR count). The smallest absolute Gasteiger partial charge is 0.418 e. The summed E-state index contributed by atoms with van der Waals surface area (Å²) in [5, 5.41) is 7.14. The first-order valence-corrected chi connectivity index (χ1v) is 12.3. The van der Waals surface area contributed by atoms with Crippen molar-refractivity contribution in [2.45, 2.75) is 66.3 Å². The maximum Gasteiger partial charge on any atom is 0.418 e. The fraction of sp³-hybridized carbons (Fsp3) is 0.500. The molecule has 0 spiro atoms. The highest BCUT2D eigenvalue weighted by Crippen LogP contribution is 2.44.